The van der Waals surface area contributed by atoms with Crippen LogP contribution in [-0.2, 0) is 4.74 Å². The van der Waals surface area contributed by atoms with Gasteiger partial charge in [0.25, 0.3) is 0 Å². The summed E-state index contributed by atoms with van der Waals surface area (Å²) in [5.41, 5.74) is 0.873. The van der Waals surface area contributed by atoms with Gasteiger partial charge < -0.3 is 19.5 Å². The van der Waals surface area contributed by atoms with Gasteiger partial charge in [-0.3, -0.25) is 0 Å². The Morgan fingerprint density at radius 3 is 2.72 bits per heavy atom. The predicted molar refractivity (Wildman–Crippen MR) is 95.5 cm³/mol. The minimum Gasteiger partial charge on any atom is -0.447 e. The number of likely N-dealkylation sites (tertiary alicyclic amines) is 1. The van der Waals surface area contributed by atoms with Gasteiger partial charge in [-0.1, -0.05) is 0 Å². The highest BCUT2D eigenvalue weighted by Crippen LogP contribution is 2.41. The molecule has 1 aliphatic heterocycles. The highest BCUT2D eigenvalue weighted by atomic mass is 16.6. The molecule has 1 unspecified atom stereocenters. The molecule has 1 aliphatic carbocycles. The Bertz CT molecular complexity index is 760. The molecule has 4 rings (SSSR count). The van der Waals surface area contributed by atoms with E-state index < -0.39 is 0 Å². The van der Waals surface area contributed by atoms with Crippen LogP contribution < -0.4 is 4.90 Å². The van der Waals surface area contributed by atoms with Gasteiger partial charge in [-0.25, -0.2) is 14.8 Å². The van der Waals surface area contributed by atoms with Crippen molar-refractivity contribution in [2.75, 3.05) is 25.0 Å². The number of fused-ring (bicyclic) bond motifs is 2. The second-order valence-corrected chi connectivity index (χ2v) is 7.53. The third kappa shape index (κ3) is 2.92. The summed E-state index contributed by atoms with van der Waals surface area (Å²) in [4.78, 5) is 28.2. The van der Waals surface area contributed by atoms with Gasteiger partial charge in [-0.05, 0) is 44.6 Å². The number of nitrogens with zero attached hydrogens (tertiary/aromatic N) is 4. The lowest BCUT2D eigenvalue weighted by Gasteiger charge is -2.28. The molecule has 7 nitrogen and oxygen atoms in total. The fraction of sp³-hybridized carbons (Fsp3) is 0.611. The Labute approximate surface area is 147 Å². The molecule has 3 heterocycles. The van der Waals surface area contributed by atoms with Gasteiger partial charge in [0, 0.05) is 32.4 Å². The quantitative estimate of drug-likeness (QED) is 0.927. The van der Waals surface area contributed by atoms with Gasteiger partial charge in [0.2, 0.25) is 0 Å². The average molecular weight is 343 g/mol. The van der Waals surface area contributed by atoms with Crippen LogP contribution in [-0.4, -0.2) is 58.2 Å². The fourth-order valence-electron chi connectivity index (χ4n) is 4.32. The van der Waals surface area contributed by atoms with E-state index in [2.05, 4.69) is 26.9 Å². The molecule has 3 atom stereocenters. The molecule has 1 saturated heterocycles. The number of carbonyl (C=O) groups excluding carboxylic acids is 1. The number of amides is 1. The Morgan fingerprint density at radius 1 is 1.32 bits per heavy atom. The zero-order valence-electron chi connectivity index (χ0n) is 15.0. The number of ether oxygens (including phenoxy) is 1. The fourth-order valence-corrected chi connectivity index (χ4v) is 4.32. The molecule has 1 N–H and O–H groups in total. The van der Waals surface area contributed by atoms with Crippen LogP contribution >= 0.6 is 0 Å². The molecule has 0 spiro atoms. The lowest BCUT2D eigenvalue weighted by atomic mass is 10.0. The minimum absolute atomic E-state index is 0.0617. The highest BCUT2D eigenvalue weighted by molar-refractivity contribution is 5.87. The van der Waals surface area contributed by atoms with Crippen molar-refractivity contribution in [3.05, 3.63) is 18.6 Å². The standard InChI is InChI=1S/C18H25N5O2/c1-11(2)25-18(24)23-8-12-6-14(7-13(12)9-23)22(3)17-15-4-5-19-16(15)20-10-21-17/h4-5,10-14H,6-9H2,1-3H3,(H,19,20,21)/t12-,13+,14?. The Kier molecular flexibility index (Phi) is 4.01. The van der Waals surface area contributed by atoms with E-state index in [4.69, 9.17) is 4.74 Å². The molecule has 25 heavy (non-hydrogen) atoms. The van der Waals surface area contributed by atoms with Gasteiger partial charge in [0.15, 0.2) is 0 Å². The van der Waals surface area contributed by atoms with Crippen molar-refractivity contribution in [2.24, 2.45) is 11.8 Å². The molecular weight excluding hydrogens is 318 g/mol. The van der Waals surface area contributed by atoms with E-state index in [1.807, 2.05) is 31.0 Å². The number of carbonyl (C=O) groups is 1. The van der Waals surface area contributed by atoms with Crippen molar-refractivity contribution < 1.29 is 9.53 Å². The Morgan fingerprint density at radius 2 is 2.04 bits per heavy atom. The van der Waals surface area contributed by atoms with E-state index in [0.29, 0.717) is 17.9 Å². The van der Waals surface area contributed by atoms with E-state index in [1.54, 1.807) is 6.33 Å². The monoisotopic (exact) mass is 343 g/mol. The van der Waals surface area contributed by atoms with Crippen molar-refractivity contribution in [2.45, 2.75) is 38.8 Å². The van der Waals surface area contributed by atoms with Crippen molar-refractivity contribution in [3.63, 3.8) is 0 Å². The summed E-state index contributed by atoms with van der Waals surface area (Å²) in [6.45, 7) is 5.40. The van der Waals surface area contributed by atoms with Crippen LogP contribution in [0.4, 0.5) is 10.6 Å². The molecule has 0 bridgehead atoms. The third-order valence-corrected chi connectivity index (χ3v) is 5.54. The largest absolute Gasteiger partial charge is 0.447 e. The van der Waals surface area contributed by atoms with E-state index in [9.17, 15) is 4.79 Å². The number of rotatable bonds is 3. The maximum Gasteiger partial charge on any atom is 0.410 e. The number of aromatic nitrogens is 3. The summed E-state index contributed by atoms with van der Waals surface area (Å²) in [7, 11) is 2.12. The van der Waals surface area contributed by atoms with Gasteiger partial charge in [-0.2, -0.15) is 0 Å². The van der Waals surface area contributed by atoms with E-state index in [-0.39, 0.29) is 12.2 Å². The topological polar surface area (TPSA) is 74.3 Å². The summed E-state index contributed by atoms with van der Waals surface area (Å²) in [5.74, 6) is 2.08. The number of hydrogen-bond donors (Lipinski definition) is 1. The molecule has 1 saturated carbocycles. The molecule has 134 valence electrons. The van der Waals surface area contributed by atoms with Gasteiger partial charge in [0.05, 0.1) is 11.5 Å². The van der Waals surface area contributed by atoms with Crippen molar-refractivity contribution in [3.8, 4) is 0 Å². The average Bonchev–Trinajstić information content (AvgIpc) is 3.26. The lowest BCUT2D eigenvalue weighted by Crippen LogP contribution is -2.35. The molecule has 1 amide bonds. The predicted octanol–water partition coefficient (Wildman–Crippen LogP) is 2.65. The first-order valence-electron chi connectivity index (χ1n) is 8.99. The molecule has 7 heteroatoms. The van der Waals surface area contributed by atoms with E-state index in [1.165, 1.54) is 0 Å². The summed E-state index contributed by atoms with van der Waals surface area (Å²) < 4.78 is 5.34. The van der Waals surface area contributed by atoms with Crippen LogP contribution in [0.1, 0.15) is 26.7 Å². The van der Waals surface area contributed by atoms with Gasteiger partial charge in [0.1, 0.15) is 17.8 Å². The van der Waals surface area contributed by atoms with Gasteiger partial charge in [-0.15, -0.1) is 0 Å². The Hall–Kier alpha value is -2.31. The first-order valence-corrected chi connectivity index (χ1v) is 8.99. The molecule has 0 aromatic carbocycles. The number of nitrogens with one attached hydrogen (secondary N) is 1. The molecule has 2 aromatic heterocycles. The van der Waals surface area contributed by atoms with Crippen LogP contribution in [0.15, 0.2) is 18.6 Å². The maximum atomic E-state index is 12.1. The van der Waals surface area contributed by atoms with E-state index >= 15 is 0 Å². The molecular formula is C18H25N5O2. The second-order valence-electron chi connectivity index (χ2n) is 7.53. The number of hydrogen-bond acceptors (Lipinski definition) is 5. The smallest absolute Gasteiger partial charge is 0.410 e. The first kappa shape index (κ1) is 16.2. The van der Waals surface area contributed by atoms with Gasteiger partial charge >= 0.3 is 6.09 Å². The number of aromatic amines is 1. The Balaban J connectivity index is 1.43. The summed E-state index contributed by atoms with van der Waals surface area (Å²) >= 11 is 0. The van der Waals surface area contributed by atoms with Crippen molar-refractivity contribution in [1.82, 2.24) is 19.9 Å². The van der Waals surface area contributed by atoms with Crippen LogP contribution in [0.25, 0.3) is 11.0 Å². The molecule has 2 aliphatic rings. The first-order chi connectivity index (χ1) is 12.0. The normalized spacial score (nSPS) is 25.6. The SMILES string of the molecule is CC(C)OC(=O)N1C[C@H]2CC(N(C)c3ncnc4[nH]ccc34)C[C@H]2C1. The molecule has 2 fully saturated rings. The molecule has 0 radical (unpaired) electrons. The third-order valence-electron chi connectivity index (χ3n) is 5.54. The van der Waals surface area contributed by atoms with Crippen LogP contribution in [0.2, 0.25) is 0 Å². The number of anilines is 1. The minimum atomic E-state index is -0.167. The zero-order valence-corrected chi connectivity index (χ0v) is 15.0. The summed E-state index contributed by atoms with van der Waals surface area (Å²) in [6.07, 6.45) is 5.46. The van der Waals surface area contributed by atoms with Crippen LogP contribution in [0.5, 0.6) is 0 Å². The molecule has 2 aromatic rings. The second kappa shape index (κ2) is 6.20. The maximum absolute atomic E-state index is 12.1. The zero-order chi connectivity index (χ0) is 17.6. The van der Waals surface area contributed by atoms with Crippen molar-refractivity contribution >= 4 is 22.9 Å². The highest BCUT2D eigenvalue weighted by Gasteiger charge is 2.44. The summed E-state index contributed by atoms with van der Waals surface area (Å²) in [5, 5.41) is 1.06. The van der Waals surface area contributed by atoms with Crippen LogP contribution in [0.3, 0.4) is 0 Å². The van der Waals surface area contributed by atoms with Crippen LogP contribution in [0, 0.1) is 11.8 Å². The number of H-pyrrole nitrogens is 1. The summed E-state index contributed by atoms with van der Waals surface area (Å²) in [6, 6.07) is 2.48. The lowest BCUT2D eigenvalue weighted by molar-refractivity contribution is 0.0812. The van der Waals surface area contributed by atoms with E-state index in [0.717, 1.165) is 42.8 Å². The van der Waals surface area contributed by atoms with Crippen molar-refractivity contribution in [1.29, 1.82) is 0 Å².